The van der Waals surface area contributed by atoms with Crippen molar-refractivity contribution in [3.05, 3.63) is 260 Å². The van der Waals surface area contributed by atoms with Crippen LogP contribution in [0.3, 0.4) is 0 Å². The van der Waals surface area contributed by atoms with Crippen molar-refractivity contribution >= 4 is 92.6 Å². The zero-order valence-electron chi connectivity index (χ0n) is 43.6. The number of anilines is 2. The average molecular weight is 993 g/mol. The van der Waals surface area contributed by atoms with Crippen molar-refractivity contribution in [2.75, 3.05) is 11.9 Å². The number of nitrogens with zero attached hydrogens (tertiary/aromatic N) is 2. The minimum atomic E-state index is 1.08. The van der Waals surface area contributed by atoms with E-state index >= 15 is 0 Å². The van der Waals surface area contributed by atoms with E-state index in [9.17, 15) is 0 Å². The van der Waals surface area contributed by atoms with E-state index in [4.69, 9.17) is 0 Å². The third-order valence-corrected chi connectivity index (χ3v) is 17.3. The Labute approximate surface area is 453 Å². The molecule has 13 aromatic carbocycles. The molecule has 2 heterocycles. The van der Waals surface area contributed by atoms with E-state index in [2.05, 4.69) is 278 Å². The average Bonchev–Trinajstić information content (AvgIpc) is 3.93. The van der Waals surface area contributed by atoms with Crippen molar-refractivity contribution < 1.29 is 0 Å². The van der Waals surface area contributed by atoms with E-state index in [1.807, 2.05) is 0 Å². The second-order valence-electron chi connectivity index (χ2n) is 21.4. The summed E-state index contributed by atoms with van der Waals surface area (Å²) in [5.74, 6) is 0. The lowest BCUT2D eigenvalue weighted by atomic mass is 9.84. The van der Waals surface area contributed by atoms with Gasteiger partial charge in [-0.3, -0.25) is 0 Å². The van der Waals surface area contributed by atoms with Crippen LogP contribution in [0.25, 0.3) is 148 Å². The van der Waals surface area contributed by atoms with Gasteiger partial charge < -0.3 is 9.47 Å². The SMILES string of the molecule is CN1c2cc(-c3ccc(-c4c5ccccc5c(-c5ccccc5)c5ccccc45)cc3)ccc2-c2cc3c(c4cccc1c24)c1ccc(-c2ccc(-c4c5ccccc5c(C5=CCCC=C5)c5ccccc45)cc2)cc1n3C. The Balaban J connectivity index is 0.763. The summed E-state index contributed by atoms with van der Waals surface area (Å²) < 4.78 is 2.41. The van der Waals surface area contributed by atoms with Crippen molar-refractivity contribution in [2.45, 2.75) is 12.8 Å². The Kier molecular flexibility index (Phi) is 9.93. The van der Waals surface area contributed by atoms with E-state index in [-0.39, 0.29) is 0 Å². The molecule has 14 aromatic rings. The smallest absolute Gasteiger partial charge is 0.0501 e. The molecule has 16 rings (SSSR count). The molecule has 0 saturated heterocycles. The van der Waals surface area contributed by atoms with Gasteiger partial charge in [0, 0.05) is 52.7 Å². The molecular weight excluding hydrogens is 941 g/mol. The van der Waals surface area contributed by atoms with Gasteiger partial charge in [-0.15, -0.1) is 0 Å². The molecule has 0 bridgehead atoms. The molecule has 0 fully saturated rings. The predicted octanol–water partition coefficient (Wildman–Crippen LogP) is 20.9. The van der Waals surface area contributed by atoms with Gasteiger partial charge in [-0.2, -0.15) is 0 Å². The number of rotatable bonds is 6. The van der Waals surface area contributed by atoms with Gasteiger partial charge in [0.15, 0.2) is 0 Å². The Hall–Kier alpha value is -9.76. The second-order valence-corrected chi connectivity index (χ2v) is 21.4. The van der Waals surface area contributed by atoms with Gasteiger partial charge >= 0.3 is 0 Å². The van der Waals surface area contributed by atoms with Gasteiger partial charge in [-0.25, -0.2) is 0 Å². The summed E-state index contributed by atoms with van der Waals surface area (Å²) in [6, 6.07) is 88.6. The first-order chi connectivity index (χ1) is 38.6. The fourth-order valence-electron chi connectivity index (χ4n) is 13.7. The van der Waals surface area contributed by atoms with Crippen molar-refractivity contribution in [1.82, 2.24) is 4.57 Å². The number of allylic oxidation sites excluding steroid dienone is 4. The van der Waals surface area contributed by atoms with Crippen LogP contribution in [-0.4, -0.2) is 11.6 Å². The highest BCUT2D eigenvalue weighted by Crippen LogP contribution is 2.52. The summed E-state index contributed by atoms with van der Waals surface area (Å²) in [4.78, 5) is 2.40. The van der Waals surface area contributed by atoms with Crippen LogP contribution < -0.4 is 4.90 Å². The van der Waals surface area contributed by atoms with Crippen LogP contribution in [0.4, 0.5) is 11.4 Å². The van der Waals surface area contributed by atoms with Gasteiger partial charge in [0.25, 0.3) is 0 Å². The van der Waals surface area contributed by atoms with E-state index in [0.717, 1.165) is 12.8 Å². The zero-order chi connectivity index (χ0) is 51.6. The molecule has 0 atom stereocenters. The summed E-state index contributed by atoms with van der Waals surface area (Å²) >= 11 is 0. The van der Waals surface area contributed by atoms with Crippen LogP contribution in [0.5, 0.6) is 0 Å². The lowest BCUT2D eigenvalue weighted by Crippen LogP contribution is -2.15. The molecule has 2 aliphatic rings. The molecule has 0 amide bonds. The Morgan fingerprint density at radius 2 is 0.756 bits per heavy atom. The molecule has 0 spiro atoms. The fourth-order valence-corrected chi connectivity index (χ4v) is 13.7. The monoisotopic (exact) mass is 992 g/mol. The maximum absolute atomic E-state index is 2.45. The van der Waals surface area contributed by atoms with Gasteiger partial charge in [0.2, 0.25) is 0 Å². The summed E-state index contributed by atoms with van der Waals surface area (Å²) in [5, 5.41) is 15.4. The molecular formula is C76H52N2. The van der Waals surface area contributed by atoms with Crippen LogP contribution >= 0.6 is 0 Å². The number of hydrogen-bond acceptors (Lipinski definition) is 1. The standard InChI is InChI=1S/C76H52N2/c1-77-67-31-17-30-65-75-64-43-41-54(48-34-38-52(39-35-48)74-62-28-15-11-24-58(62)72(50-20-7-4-8-21-50)59-25-12-16-29-63(59)74)45-69(64)78(2)70(75)46-66(76(65)67)55-42-40-53(44-68(55)77)47-32-36-51(37-33-47)73-60-26-13-9-22-56(60)71(49-18-5-3-6-19-49)57-23-10-14-27-61(57)73/h3,5-7,9-46H,4,8H2,1-2H3. The first-order valence-electron chi connectivity index (χ1n) is 27.4. The minimum absolute atomic E-state index is 1.08. The van der Waals surface area contributed by atoms with E-state index in [1.54, 1.807) is 0 Å². The van der Waals surface area contributed by atoms with Gasteiger partial charge in [-0.1, -0.05) is 231 Å². The molecule has 0 saturated carbocycles. The normalized spacial score (nSPS) is 13.2. The Morgan fingerprint density at radius 1 is 0.295 bits per heavy atom. The Morgan fingerprint density at radius 3 is 1.29 bits per heavy atom. The molecule has 2 nitrogen and oxygen atoms in total. The fraction of sp³-hybridized carbons (Fsp3) is 0.0526. The highest BCUT2D eigenvalue weighted by Gasteiger charge is 2.27. The largest absolute Gasteiger partial charge is 0.344 e. The maximum atomic E-state index is 2.45. The highest BCUT2D eigenvalue weighted by molar-refractivity contribution is 6.28. The molecule has 0 radical (unpaired) electrons. The van der Waals surface area contributed by atoms with Crippen molar-refractivity contribution in [3.63, 3.8) is 0 Å². The van der Waals surface area contributed by atoms with Crippen molar-refractivity contribution in [1.29, 1.82) is 0 Å². The first kappa shape index (κ1) is 44.5. The van der Waals surface area contributed by atoms with Gasteiger partial charge in [-0.05, 0) is 158 Å². The van der Waals surface area contributed by atoms with Crippen LogP contribution in [0.15, 0.2) is 255 Å². The first-order valence-corrected chi connectivity index (χ1v) is 27.4. The van der Waals surface area contributed by atoms with E-state index < -0.39 is 0 Å². The molecule has 0 N–H and O–H groups in total. The zero-order valence-corrected chi connectivity index (χ0v) is 43.6. The highest BCUT2D eigenvalue weighted by atomic mass is 15.1. The predicted molar refractivity (Wildman–Crippen MR) is 335 cm³/mol. The molecule has 78 heavy (non-hydrogen) atoms. The van der Waals surface area contributed by atoms with Crippen molar-refractivity contribution in [3.8, 4) is 66.8 Å². The number of benzene rings is 13. The molecule has 1 aliphatic heterocycles. The van der Waals surface area contributed by atoms with Gasteiger partial charge in [0.05, 0.1) is 5.52 Å². The minimum Gasteiger partial charge on any atom is -0.344 e. The Bertz CT molecular complexity index is 4780. The van der Waals surface area contributed by atoms with Gasteiger partial charge in [0.1, 0.15) is 0 Å². The van der Waals surface area contributed by atoms with E-state index in [1.165, 1.54) is 165 Å². The summed E-state index contributed by atoms with van der Waals surface area (Å²) in [7, 11) is 4.47. The third kappa shape index (κ3) is 6.63. The van der Waals surface area contributed by atoms with Crippen LogP contribution in [0, 0.1) is 0 Å². The van der Waals surface area contributed by atoms with Crippen LogP contribution in [0.2, 0.25) is 0 Å². The van der Waals surface area contributed by atoms with Crippen LogP contribution in [0.1, 0.15) is 18.4 Å². The summed E-state index contributed by atoms with van der Waals surface area (Å²) in [6.45, 7) is 0. The molecule has 366 valence electrons. The van der Waals surface area contributed by atoms with Crippen LogP contribution in [-0.2, 0) is 7.05 Å². The molecule has 2 heteroatoms. The number of aromatic nitrogens is 1. The quantitative estimate of drug-likeness (QED) is 0.151. The summed E-state index contributed by atoms with van der Waals surface area (Å²) in [6.07, 6.45) is 9.22. The van der Waals surface area contributed by atoms with Crippen molar-refractivity contribution in [2.24, 2.45) is 7.05 Å². The number of fused-ring (bicyclic) bond motifs is 10. The molecule has 0 unspecified atom stereocenters. The summed E-state index contributed by atoms with van der Waals surface area (Å²) in [5.41, 5.74) is 22.5. The lowest BCUT2D eigenvalue weighted by molar-refractivity contribution is 1.01. The lowest BCUT2D eigenvalue weighted by Gasteiger charge is -2.31. The topological polar surface area (TPSA) is 8.17 Å². The number of hydrogen-bond donors (Lipinski definition) is 0. The maximum Gasteiger partial charge on any atom is 0.0501 e. The molecule has 1 aliphatic carbocycles. The molecule has 1 aromatic heterocycles. The van der Waals surface area contributed by atoms with E-state index in [0.29, 0.717) is 0 Å². The number of aryl methyl sites for hydroxylation is 1. The third-order valence-electron chi connectivity index (χ3n) is 17.3. The second kappa shape index (κ2) is 17.4.